The van der Waals surface area contributed by atoms with Gasteiger partial charge in [0.2, 0.25) is 11.8 Å². The fraction of sp³-hybridized carbons (Fsp3) is 0.372. The van der Waals surface area contributed by atoms with E-state index >= 15 is 0 Å². The van der Waals surface area contributed by atoms with E-state index in [4.69, 9.17) is 25.1 Å². The predicted octanol–water partition coefficient (Wildman–Crippen LogP) is 5.91. The van der Waals surface area contributed by atoms with Crippen LogP contribution in [0.4, 0.5) is 11.4 Å². The van der Waals surface area contributed by atoms with Gasteiger partial charge in [0.05, 0.1) is 63.9 Å². The number of anilines is 2. The Morgan fingerprint density at radius 2 is 1.54 bits per heavy atom. The monoisotopic (exact) mass is 797 g/mol. The molecule has 1 saturated heterocycles. The van der Waals surface area contributed by atoms with Crippen LogP contribution in [0.15, 0.2) is 90.0 Å². The molecule has 0 spiro atoms. The molecule has 0 saturated carbocycles. The molecule has 14 heteroatoms. The minimum Gasteiger partial charge on any atom is -0.481 e. The maximum Gasteiger partial charge on any atom is 0.305 e. The van der Waals surface area contributed by atoms with Gasteiger partial charge in [-0.05, 0) is 85.0 Å². The van der Waals surface area contributed by atoms with Gasteiger partial charge in [0.15, 0.2) is 0 Å². The minimum absolute atomic E-state index is 0.0186. The number of nitrogens with one attached hydrogen (secondary N) is 1. The number of thioether (sulfide) groups is 1. The average molecular weight is 798 g/mol. The molecule has 3 amide bonds. The first-order valence-electron chi connectivity index (χ1n) is 19.1. The number of pyridine rings is 1. The number of benzene rings is 3. The third-order valence-electron chi connectivity index (χ3n) is 9.34. The van der Waals surface area contributed by atoms with Gasteiger partial charge in [0, 0.05) is 65.9 Å². The van der Waals surface area contributed by atoms with E-state index in [0.29, 0.717) is 73.4 Å². The number of carboxylic acids is 1. The molecular weight excluding hydrogens is 747 g/mol. The number of carbonyl (C=O) groups is 4. The number of ether oxygens (including phenoxy) is 3. The number of aliphatic carboxylic acids is 1. The molecule has 13 nitrogen and oxygen atoms in total. The lowest BCUT2D eigenvalue weighted by Gasteiger charge is -2.29. The largest absolute Gasteiger partial charge is 0.481 e. The fourth-order valence-electron chi connectivity index (χ4n) is 6.18. The number of likely N-dealkylation sites (N-methyl/N-ethyl adjacent to an activating group) is 1. The van der Waals surface area contributed by atoms with Gasteiger partial charge in [-0.15, -0.1) is 11.8 Å². The summed E-state index contributed by atoms with van der Waals surface area (Å²) in [6.07, 6.45) is 5.23. The van der Waals surface area contributed by atoms with Gasteiger partial charge < -0.3 is 40.2 Å². The number of hydrogen-bond donors (Lipinski definition) is 3. The van der Waals surface area contributed by atoms with Crippen molar-refractivity contribution in [3.05, 3.63) is 107 Å². The van der Waals surface area contributed by atoms with E-state index < -0.39 is 11.9 Å². The second-order valence-electron chi connectivity index (χ2n) is 13.6. The van der Waals surface area contributed by atoms with Crippen LogP contribution in [-0.2, 0) is 36.0 Å². The summed E-state index contributed by atoms with van der Waals surface area (Å²) in [5, 5.41) is 11.7. The molecule has 1 aliphatic heterocycles. The van der Waals surface area contributed by atoms with Crippen LogP contribution in [0.1, 0.15) is 57.5 Å². The summed E-state index contributed by atoms with van der Waals surface area (Å²) in [4.78, 5) is 58.6. The first-order valence-corrected chi connectivity index (χ1v) is 20.1. The second-order valence-corrected chi connectivity index (χ2v) is 14.7. The standard InChI is InChI=1S/C43H51N5O8S/c1-47(18-20-55-22-24-56-23-21-54-19-14-41(50)51)40(49)27-31-7-6-10-36(26-31)57-30-32-8-5-9-34(25-32)43(53)46-38-12-11-35(48-16-3-2-4-17-48)29-37(38)39-28-33(42(44)52)13-15-45-39/h5-13,15,25-26,28-29H,2-4,14,16-24,27,30H2,1H3,(H2,44,52)(H,46,53)(H,50,51). The summed E-state index contributed by atoms with van der Waals surface area (Å²) in [6.45, 7) is 4.33. The number of carbonyl (C=O) groups excluding carboxylic acids is 3. The molecule has 1 aliphatic rings. The molecule has 1 aromatic heterocycles. The Morgan fingerprint density at radius 1 is 0.825 bits per heavy atom. The molecule has 0 aliphatic carbocycles. The smallest absolute Gasteiger partial charge is 0.305 e. The lowest BCUT2D eigenvalue weighted by atomic mass is 10.0. The summed E-state index contributed by atoms with van der Waals surface area (Å²) in [6, 6.07) is 24.6. The number of piperidine rings is 1. The highest BCUT2D eigenvalue weighted by atomic mass is 32.2. The SMILES string of the molecule is CN(CCOCCOCCOCCC(=O)O)C(=O)Cc1cccc(SCc2cccc(C(=O)Nc3ccc(N4CCCCC4)cc3-c3cc(C(N)=O)ccn3)c2)c1. The maximum atomic E-state index is 13.7. The van der Waals surface area contributed by atoms with Crippen molar-refractivity contribution >= 4 is 46.8 Å². The third-order valence-corrected chi connectivity index (χ3v) is 10.4. The Hall–Kier alpha value is -5.28. The average Bonchev–Trinajstić information content (AvgIpc) is 3.22. The number of primary amides is 1. The van der Waals surface area contributed by atoms with Crippen LogP contribution in [0.2, 0.25) is 0 Å². The number of carboxylic acid groups (broad SMARTS) is 1. The predicted molar refractivity (Wildman–Crippen MR) is 221 cm³/mol. The molecular formula is C43H51N5O8S. The Balaban J connectivity index is 1.11. The van der Waals surface area contributed by atoms with Crippen molar-refractivity contribution in [2.45, 2.75) is 42.8 Å². The zero-order valence-electron chi connectivity index (χ0n) is 32.3. The van der Waals surface area contributed by atoms with E-state index in [1.54, 1.807) is 48.1 Å². The number of aromatic nitrogens is 1. The van der Waals surface area contributed by atoms with Gasteiger partial charge in [0.25, 0.3) is 5.91 Å². The van der Waals surface area contributed by atoms with E-state index in [9.17, 15) is 19.2 Å². The molecule has 1 fully saturated rings. The van der Waals surface area contributed by atoms with Crippen LogP contribution >= 0.6 is 11.8 Å². The summed E-state index contributed by atoms with van der Waals surface area (Å²) >= 11 is 1.63. The second kappa shape index (κ2) is 22.5. The van der Waals surface area contributed by atoms with Gasteiger partial charge in [-0.3, -0.25) is 24.2 Å². The van der Waals surface area contributed by atoms with Crippen molar-refractivity contribution < 1.29 is 38.5 Å². The van der Waals surface area contributed by atoms with E-state index in [1.807, 2.05) is 60.7 Å². The highest BCUT2D eigenvalue weighted by Gasteiger charge is 2.18. The van der Waals surface area contributed by atoms with Gasteiger partial charge in [0.1, 0.15) is 0 Å². The first kappa shape index (κ1) is 42.9. The van der Waals surface area contributed by atoms with E-state index in [2.05, 4.69) is 15.2 Å². The van der Waals surface area contributed by atoms with Crippen molar-refractivity contribution in [3.8, 4) is 11.3 Å². The molecule has 2 heterocycles. The molecule has 0 unspecified atom stereocenters. The van der Waals surface area contributed by atoms with Crippen molar-refractivity contribution in [3.63, 3.8) is 0 Å². The van der Waals surface area contributed by atoms with Gasteiger partial charge >= 0.3 is 5.97 Å². The van der Waals surface area contributed by atoms with Gasteiger partial charge in [-0.1, -0.05) is 24.3 Å². The summed E-state index contributed by atoms with van der Waals surface area (Å²) < 4.78 is 16.2. The molecule has 57 heavy (non-hydrogen) atoms. The Morgan fingerprint density at radius 3 is 2.30 bits per heavy atom. The van der Waals surface area contributed by atoms with Crippen LogP contribution in [-0.4, -0.2) is 105 Å². The Bertz CT molecular complexity index is 1970. The number of amides is 3. The zero-order chi connectivity index (χ0) is 40.4. The minimum atomic E-state index is -0.896. The Labute approximate surface area is 337 Å². The van der Waals surface area contributed by atoms with Crippen LogP contribution in [0.5, 0.6) is 0 Å². The Kier molecular flexibility index (Phi) is 16.9. The molecule has 0 bridgehead atoms. The van der Waals surface area contributed by atoms with Crippen LogP contribution in [0.25, 0.3) is 11.3 Å². The number of hydrogen-bond acceptors (Lipinski definition) is 10. The lowest BCUT2D eigenvalue weighted by Crippen LogP contribution is -2.31. The van der Waals surface area contributed by atoms with Crippen molar-refractivity contribution in [1.82, 2.24) is 9.88 Å². The van der Waals surface area contributed by atoms with Crippen molar-refractivity contribution in [2.75, 3.05) is 76.5 Å². The summed E-state index contributed by atoms with van der Waals surface area (Å²) in [5.41, 5.74) is 11.2. The molecule has 4 N–H and O–H groups in total. The van der Waals surface area contributed by atoms with Gasteiger partial charge in [-0.2, -0.15) is 0 Å². The number of rotatable bonds is 22. The summed E-state index contributed by atoms with van der Waals surface area (Å²) in [7, 11) is 1.75. The quantitative estimate of drug-likeness (QED) is 0.0638. The van der Waals surface area contributed by atoms with E-state index in [-0.39, 0.29) is 31.3 Å². The van der Waals surface area contributed by atoms with Crippen molar-refractivity contribution in [2.24, 2.45) is 5.73 Å². The van der Waals surface area contributed by atoms with Crippen LogP contribution < -0.4 is 16.0 Å². The molecule has 302 valence electrons. The van der Waals surface area contributed by atoms with Gasteiger partial charge in [-0.25, -0.2) is 0 Å². The van der Waals surface area contributed by atoms with E-state index in [1.165, 1.54) is 6.42 Å². The normalized spacial score (nSPS) is 12.6. The topological polar surface area (TPSA) is 174 Å². The zero-order valence-corrected chi connectivity index (χ0v) is 33.1. The van der Waals surface area contributed by atoms with Crippen LogP contribution in [0.3, 0.4) is 0 Å². The number of nitrogens with zero attached hydrogens (tertiary/aromatic N) is 3. The fourth-order valence-corrected chi connectivity index (χ4v) is 7.10. The molecule has 0 atom stereocenters. The lowest BCUT2D eigenvalue weighted by molar-refractivity contribution is -0.138. The van der Waals surface area contributed by atoms with E-state index in [0.717, 1.165) is 47.6 Å². The highest BCUT2D eigenvalue weighted by molar-refractivity contribution is 7.98. The highest BCUT2D eigenvalue weighted by Crippen LogP contribution is 2.33. The summed E-state index contributed by atoms with van der Waals surface area (Å²) in [5.74, 6) is -1.10. The molecule has 0 radical (unpaired) electrons. The van der Waals surface area contributed by atoms with Crippen LogP contribution in [0, 0.1) is 0 Å². The molecule has 5 rings (SSSR count). The molecule has 4 aromatic rings. The maximum absolute atomic E-state index is 13.7. The molecule has 3 aromatic carbocycles. The first-order chi connectivity index (χ1) is 27.7. The third kappa shape index (κ3) is 14.0. The van der Waals surface area contributed by atoms with Crippen molar-refractivity contribution in [1.29, 1.82) is 0 Å². The number of nitrogens with two attached hydrogens (primary N) is 1.